The summed E-state index contributed by atoms with van der Waals surface area (Å²) in [6.45, 7) is 0. The van der Waals surface area contributed by atoms with E-state index in [2.05, 4.69) is 27.1 Å². The predicted molar refractivity (Wildman–Crippen MR) is 103 cm³/mol. The van der Waals surface area contributed by atoms with Gasteiger partial charge in [0, 0.05) is 23.2 Å². The van der Waals surface area contributed by atoms with E-state index in [4.69, 9.17) is 5.73 Å². The third-order valence-corrected chi connectivity index (χ3v) is 5.49. The lowest BCUT2D eigenvalue weighted by Crippen LogP contribution is -2.18. The molecule has 0 radical (unpaired) electrons. The number of nitrogens with zero attached hydrogens (tertiary/aromatic N) is 3. The van der Waals surface area contributed by atoms with Crippen molar-refractivity contribution >= 4 is 16.9 Å². The van der Waals surface area contributed by atoms with Crippen molar-refractivity contribution in [3.63, 3.8) is 0 Å². The zero-order chi connectivity index (χ0) is 17.9. The molecule has 26 heavy (non-hydrogen) atoms. The first-order valence-electron chi connectivity index (χ1n) is 8.30. The fourth-order valence-electron chi connectivity index (χ4n) is 3.10. The maximum Gasteiger partial charge on any atom is 0.155 e. The van der Waals surface area contributed by atoms with Crippen LogP contribution in [0.4, 0.5) is 4.39 Å². The third-order valence-electron chi connectivity index (χ3n) is 4.39. The predicted octanol–water partition coefficient (Wildman–Crippen LogP) is 4.52. The van der Waals surface area contributed by atoms with Gasteiger partial charge in [0.25, 0.3) is 0 Å². The lowest BCUT2D eigenvalue weighted by molar-refractivity contribution is 0.621. The van der Waals surface area contributed by atoms with Gasteiger partial charge >= 0.3 is 0 Å². The molecule has 2 atom stereocenters. The summed E-state index contributed by atoms with van der Waals surface area (Å²) in [5, 5.41) is 0.714. The minimum Gasteiger partial charge on any atom is -0.379 e. The Labute approximate surface area is 155 Å². The van der Waals surface area contributed by atoms with E-state index in [0.29, 0.717) is 5.17 Å². The second-order valence-electron chi connectivity index (χ2n) is 6.13. The summed E-state index contributed by atoms with van der Waals surface area (Å²) in [5.74, 6) is -0.231. The number of aliphatic imine (C=N–C) groups is 1. The smallest absolute Gasteiger partial charge is 0.155 e. The molecule has 1 aliphatic heterocycles. The van der Waals surface area contributed by atoms with E-state index in [1.165, 1.54) is 30.2 Å². The highest BCUT2D eigenvalue weighted by Crippen LogP contribution is 2.43. The van der Waals surface area contributed by atoms with E-state index in [-0.39, 0.29) is 17.1 Å². The number of rotatable bonds is 3. The molecule has 1 aliphatic rings. The molecule has 4 rings (SSSR count). The number of hydrogen-bond acceptors (Lipinski definition) is 5. The standard InChI is InChI=1S/C20H17FN4S/c21-17-6-4-13(5-7-17)19-9-18(25-20(22)26-19)15-3-1-2-14(8-15)16-10-23-12-24-11-16/h1-8,10-12,18-19H,9H2,(H2,22,25). The highest BCUT2D eigenvalue weighted by atomic mass is 32.2. The van der Waals surface area contributed by atoms with Gasteiger partial charge in [-0.25, -0.2) is 14.4 Å². The lowest BCUT2D eigenvalue weighted by atomic mass is 9.96. The van der Waals surface area contributed by atoms with Gasteiger partial charge in [-0.2, -0.15) is 0 Å². The molecule has 0 amide bonds. The monoisotopic (exact) mass is 364 g/mol. The first-order chi connectivity index (χ1) is 12.7. The molecule has 0 saturated heterocycles. The molecule has 0 spiro atoms. The summed E-state index contributed by atoms with van der Waals surface area (Å²) in [7, 11) is 0. The van der Waals surface area contributed by atoms with Gasteiger partial charge in [-0.05, 0) is 41.3 Å². The van der Waals surface area contributed by atoms with Crippen LogP contribution in [0.2, 0.25) is 0 Å². The Bertz CT molecular complexity index is 928. The minimum atomic E-state index is -0.231. The number of halogens is 1. The molecule has 0 saturated carbocycles. The van der Waals surface area contributed by atoms with Gasteiger partial charge in [0.05, 0.1) is 6.04 Å². The molecule has 1 aromatic heterocycles. The first-order valence-corrected chi connectivity index (χ1v) is 9.18. The Hall–Kier alpha value is -2.73. The van der Waals surface area contributed by atoms with Crippen molar-refractivity contribution in [3.05, 3.63) is 84.2 Å². The Balaban J connectivity index is 1.63. The number of aromatic nitrogens is 2. The minimum absolute atomic E-state index is 0.0316. The first kappa shape index (κ1) is 16.7. The molecule has 0 fully saturated rings. The van der Waals surface area contributed by atoms with Crippen LogP contribution in [-0.4, -0.2) is 15.1 Å². The van der Waals surface area contributed by atoms with Crippen LogP contribution in [0, 0.1) is 5.82 Å². The average Bonchev–Trinajstić information content (AvgIpc) is 2.69. The van der Waals surface area contributed by atoms with Crippen LogP contribution in [0.5, 0.6) is 0 Å². The van der Waals surface area contributed by atoms with Gasteiger partial charge in [0.15, 0.2) is 5.17 Å². The van der Waals surface area contributed by atoms with Gasteiger partial charge in [-0.3, -0.25) is 4.99 Å². The quantitative estimate of drug-likeness (QED) is 0.742. The zero-order valence-corrected chi connectivity index (χ0v) is 14.7. The molecule has 2 aromatic carbocycles. The lowest BCUT2D eigenvalue weighted by Gasteiger charge is -2.26. The summed E-state index contributed by atoms with van der Waals surface area (Å²) < 4.78 is 13.2. The molecule has 3 aromatic rings. The summed E-state index contributed by atoms with van der Waals surface area (Å²) in [4.78, 5) is 12.8. The largest absolute Gasteiger partial charge is 0.379 e. The highest BCUT2D eigenvalue weighted by Gasteiger charge is 2.26. The van der Waals surface area contributed by atoms with E-state index in [0.717, 1.165) is 28.7 Å². The molecular weight excluding hydrogens is 347 g/mol. The summed E-state index contributed by atoms with van der Waals surface area (Å²) in [6, 6.07) is 14.8. The third kappa shape index (κ3) is 3.60. The van der Waals surface area contributed by atoms with Crippen molar-refractivity contribution in [1.29, 1.82) is 0 Å². The van der Waals surface area contributed by atoms with Crippen LogP contribution in [0.25, 0.3) is 11.1 Å². The van der Waals surface area contributed by atoms with E-state index >= 15 is 0 Å². The SMILES string of the molecule is NC1=NC(c2cccc(-c3cncnc3)c2)CC(c2ccc(F)cc2)S1. The van der Waals surface area contributed by atoms with Crippen molar-refractivity contribution in [2.24, 2.45) is 10.7 Å². The van der Waals surface area contributed by atoms with Crippen molar-refractivity contribution < 1.29 is 4.39 Å². The van der Waals surface area contributed by atoms with Crippen LogP contribution >= 0.6 is 11.8 Å². The van der Waals surface area contributed by atoms with Gasteiger partial charge in [-0.15, -0.1) is 0 Å². The normalized spacial score (nSPS) is 19.8. The zero-order valence-electron chi connectivity index (χ0n) is 13.9. The topological polar surface area (TPSA) is 64.2 Å². The number of amidine groups is 1. The van der Waals surface area contributed by atoms with E-state index in [1.807, 2.05) is 24.3 Å². The molecule has 2 N–H and O–H groups in total. The number of thioether (sulfide) groups is 1. The highest BCUT2D eigenvalue weighted by molar-refractivity contribution is 8.14. The fraction of sp³-hybridized carbons (Fsp3) is 0.150. The number of benzene rings is 2. The molecule has 2 heterocycles. The van der Waals surface area contributed by atoms with Crippen LogP contribution < -0.4 is 5.73 Å². The fourth-order valence-corrected chi connectivity index (χ4v) is 4.15. The van der Waals surface area contributed by atoms with Crippen molar-refractivity contribution in [2.75, 3.05) is 0 Å². The second-order valence-corrected chi connectivity index (χ2v) is 7.35. The summed E-state index contributed by atoms with van der Waals surface area (Å²) in [5.41, 5.74) is 10.3. The number of hydrogen-bond donors (Lipinski definition) is 1. The van der Waals surface area contributed by atoms with Gasteiger partial charge in [-0.1, -0.05) is 42.1 Å². The molecule has 6 heteroatoms. The van der Waals surface area contributed by atoms with Gasteiger partial charge < -0.3 is 5.73 Å². The molecule has 4 nitrogen and oxygen atoms in total. The average molecular weight is 364 g/mol. The summed E-state index contributed by atoms with van der Waals surface area (Å²) in [6.07, 6.45) is 5.92. The van der Waals surface area contributed by atoms with Crippen molar-refractivity contribution in [1.82, 2.24) is 9.97 Å². The van der Waals surface area contributed by atoms with Crippen LogP contribution in [0.1, 0.15) is 28.8 Å². The summed E-state index contributed by atoms with van der Waals surface area (Å²) >= 11 is 1.53. The van der Waals surface area contributed by atoms with Crippen LogP contribution in [-0.2, 0) is 0 Å². The molecule has 130 valence electrons. The Morgan fingerprint density at radius 1 is 0.962 bits per heavy atom. The van der Waals surface area contributed by atoms with E-state index in [9.17, 15) is 4.39 Å². The van der Waals surface area contributed by atoms with Gasteiger partial charge in [0.1, 0.15) is 12.1 Å². The molecule has 2 unspecified atom stereocenters. The maximum atomic E-state index is 13.2. The Morgan fingerprint density at radius 3 is 2.50 bits per heavy atom. The maximum absolute atomic E-state index is 13.2. The van der Waals surface area contributed by atoms with E-state index < -0.39 is 0 Å². The Kier molecular flexibility index (Phi) is 4.67. The number of nitrogens with two attached hydrogens (primary N) is 1. The second kappa shape index (κ2) is 7.25. The van der Waals surface area contributed by atoms with Crippen molar-refractivity contribution in [3.8, 4) is 11.1 Å². The van der Waals surface area contributed by atoms with E-state index in [1.54, 1.807) is 12.4 Å². The van der Waals surface area contributed by atoms with Gasteiger partial charge in [0.2, 0.25) is 0 Å². The molecule has 0 bridgehead atoms. The van der Waals surface area contributed by atoms with Crippen molar-refractivity contribution in [2.45, 2.75) is 17.7 Å². The Morgan fingerprint density at radius 2 is 1.73 bits per heavy atom. The van der Waals surface area contributed by atoms with Crippen LogP contribution in [0.3, 0.4) is 0 Å². The van der Waals surface area contributed by atoms with Crippen LogP contribution in [0.15, 0.2) is 72.2 Å². The molecular formula is C20H17FN4S. The molecule has 0 aliphatic carbocycles.